The van der Waals surface area contributed by atoms with E-state index >= 15 is 0 Å². The zero-order valence-corrected chi connectivity index (χ0v) is 6.98. The molecule has 1 rings (SSSR count). The van der Waals surface area contributed by atoms with Crippen LogP contribution in [0.25, 0.3) is 0 Å². The smallest absolute Gasteiger partial charge is 0.165 e. The van der Waals surface area contributed by atoms with Crippen LogP contribution in [0.2, 0.25) is 0 Å². The molecule has 54 valence electrons. The average Bonchev–Trinajstić information content (AvgIpc) is 1.94. The zero-order valence-electron chi connectivity index (χ0n) is 5.40. The second-order valence-electron chi connectivity index (χ2n) is 1.78. The first-order valence-corrected chi connectivity index (χ1v) is 3.52. The number of halogens is 2. The largest absolute Gasteiger partial charge is 0.494 e. The number of rotatable bonds is 1. The molecule has 0 aliphatic rings. The van der Waals surface area contributed by atoms with E-state index in [1.807, 2.05) is 0 Å². The maximum Gasteiger partial charge on any atom is 0.165 e. The molecular weight excluding hydrogens is 198 g/mol. The van der Waals surface area contributed by atoms with Gasteiger partial charge in [0.05, 0.1) is 7.11 Å². The van der Waals surface area contributed by atoms with Gasteiger partial charge in [-0.1, -0.05) is 15.9 Å². The van der Waals surface area contributed by atoms with Gasteiger partial charge < -0.3 is 4.74 Å². The maximum absolute atomic E-state index is 12.6. The number of hydrogen-bond acceptors (Lipinski definition) is 1. The van der Waals surface area contributed by atoms with Gasteiger partial charge in [0, 0.05) is 4.47 Å². The molecule has 0 aliphatic heterocycles. The lowest BCUT2D eigenvalue weighted by Crippen LogP contribution is -1.86. The van der Waals surface area contributed by atoms with Crippen LogP contribution in [0, 0.1) is 5.82 Å². The molecule has 1 aromatic rings. The topological polar surface area (TPSA) is 9.23 Å². The first kappa shape index (κ1) is 7.54. The predicted molar refractivity (Wildman–Crippen MR) is 40.7 cm³/mol. The normalized spacial score (nSPS) is 9.50. The van der Waals surface area contributed by atoms with Gasteiger partial charge in [-0.05, 0) is 18.2 Å². The van der Waals surface area contributed by atoms with Crippen LogP contribution in [-0.2, 0) is 0 Å². The number of hydrogen-bond donors (Lipinski definition) is 0. The third-order valence-electron chi connectivity index (χ3n) is 1.11. The van der Waals surface area contributed by atoms with Crippen LogP contribution in [0.4, 0.5) is 4.39 Å². The van der Waals surface area contributed by atoms with E-state index in [-0.39, 0.29) is 11.6 Å². The SMILES string of the molecule is COc1cc(Br)ccc1[18F]. The highest BCUT2D eigenvalue weighted by Crippen LogP contribution is 2.21. The second-order valence-corrected chi connectivity index (χ2v) is 2.69. The van der Waals surface area contributed by atoms with Crippen LogP contribution in [0.3, 0.4) is 0 Å². The molecule has 0 aliphatic carbocycles. The van der Waals surface area contributed by atoms with E-state index in [0.717, 1.165) is 4.47 Å². The highest BCUT2D eigenvalue weighted by atomic mass is 79.9. The summed E-state index contributed by atoms with van der Waals surface area (Å²) >= 11 is 3.19. The molecule has 10 heavy (non-hydrogen) atoms. The van der Waals surface area contributed by atoms with Gasteiger partial charge in [-0.15, -0.1) is 0 Å². The van der Waals surface area contributed by atoms with Crippen molar-refractivity contribution in [3.05, 3.63) is 28.5 Å². The van der Waals surface area contributed by atoms with Crippen LogP contribution >= 0.6 is 15.9 Å². The van der Waals surface area contributed by atoms with Crippen molar-refractivity contribution in [1.82, 2.24) is 0 Å². The highest BCUT2D eigenvalue weighted by Gasteiger charge is 1.99. The molecule has 0 aromatic heterocycles. The van der Waals surface area contributed by atoms with Crippen molar-refractivity contribution in [3.8, 4) is 5.75 Å². The maximum atomic E-state index is 12.6. The minimum Gasteiger partial charge on any atom is -0.494 e. The molecule has 0 unspecified atom stereocenters. The number of ether oxygens (including phenoxy) is 1. The first-order chi connectivity index (χ1) is 4.74. The van der Waals surface area contributed by atoms with Gasteiger partial charge in [0.2, 0.25) is 0 Å². The fraction of sp³-hybridized carbons (Fsp3) is 0.143. The Morgan fingerprint density at radius 1 is 1.50 bits per heavy atom. The van der Waals surface area contributed by atoms with Gasteiger partial charge in [0.1, 0.15) is 0 Å². The molecule has 0 saturated carbocycles. The number of methoxy groups -OCH3 is 1. The van der Waals surface area contributed by atoms with Gasteiger partial charge in [0.25, 0.3) is 0 Å². The van der Waals surface area contributed by atoms with E-state index in [2.05, 4.69) is 15.9 Å². The monoisotopic (exact) mass is 203 g/mol. The Labute approximate surface area is 66.9 Å². The molecule has 0 bridgehead atoms. The second kappa shape index (κ2) is 3.01. The lowest BCUT2D eigenvalue weighted by atomic mass is 10.3. The van der Waals surface area contributed by atoms with Crippen molar-refractivity contribution >= 4 is 15.9 Å². The Bertz CT molecular complexity index is 237. The van der Waals surface area contributed by atoms with Crippen LogP contribution in [0.5, 0.6) is 5.75 Å². The van der Waals surface area contributed by atoms with Crippen molar-refractivity contribution in [2.24, 2.45) is 0 Å². The van der Waals surface area contributed by atoms with Gasteiger partial charge in [-0.3, -0.25) is 0 Å². The van der Waals surface area contributed by atoms with Crippen molar-refractivity contribution in [3.63, 3.8) is 0 Å². The summed E-state index contributed by atoms with van der Waals surface area (Å²) in [4.78, 5) is 0. The van der Waals surface area contributed by atoms with Crippen LogP contribution in [0.15, 0.2) is 22.7 Å². The van der Waals surface area contributed by atoms with Gasteiger partial charge in [-0.25, -0.2) is 4.39 Å². The molecule has 1 aromatic carbocycles. The Hall–Kier alpha value is -0.570. The fourth-order valence-corrected chi connectivity index (χ4v) is 0.974. The molecule has 0 radical (unpaired) electrons. The molecule has 0 atom stereocenters. The Kier molecular flexibility index (Phi) is 2.27. The average molecular weight is 204 g/mol. The summed E-state index contributed by atoms with van der Waals surface area (Å²) < 4.78 is 18.2. The summed E-state index contributed by atoms with van der Waals surface area (Å²) in [5.74, 6) is -0.0833. The molecule has 0 N–H and O–H groups in total. The molecule has 0 amide bonds. The Morgan fingerprint density at radius 2 is 2.20 bits per heavy atom. The zero-order chi connectivity index (χ0) is 7.56. The van der Waals surface area contributed by atoms with E-state index in [0.29, 0.717) is 0 Å². The van der Waals surface area contributed by atoms with Gasteiger partial charge in [0.15, 0.2) is 11.6 Å². The minimum absolute atomic E-state index is 0.259. The minimum atomic E-state index is -0.342. The van der Waals surface area contributed by atoms with E-state index < -0.39 is 0 Å². The van der Waals surface area contributed by atoms with Crippen LogP contribution in [-0.4, -0.2) is 7.11 Å². The number of benzene rings is 1. The molecule has 0 spiro atoms. The summed E-state index contributed by atoms with van der Waals surface area (Å²) in [5.41, 5.74) is 0. The molecule has 3 heteroatoms. The molecular formula is C7H6BrFO. The first-order valence-electron chi connectivity index (χ1n) is 2.73. The van der Waals surface area contributed by atoms with Crippen LogP contribution in [0.1, 0.15) is 0 Å². The molecule has 1 nitrogen and oxygen atoms in total. The third kappa shape index (κ3) is 1.48. The molecule has 0 saturated heterocycles. The summed E-state index contributed by atoms with van der Waals surface area (Å²) in [6.07, 6.45) is 0. The standard InChI is InChI=1S/C7H6BrFO/c1-10-7-4-5(8)2-3-6(7)9/h2-4H,1H3/i9-1. The summed E-state index contributed by atoms with van der Waals surface area (Å²) in [6, 6.07) is 4.55. The lowest BCUT2D eigenvalue weighted by Gasteiger charge is -1.99. The van der Waals surface area contributed by atoms with Crippen LogP contribution < -0.4 is 4.74 Å². The van der Waals surface area contributed by atoms with Crippen molar-refractivity contribution in [2.75, 3.05) is 7.11 Å². The third-order valence-corrected chi connectivity index (χ3v) is 1.61. The van der Waals surface area contributed by atoms with E-state index in [9.17, 15) is 4.39 Å². The molecule has 0 fully saturated rings. The summed E-state index contributed by atoms with van der Waals surface area (Å²) in [6.45, 7) is 0. The Balaban J connectivity index is 3.09. The van der Waals surface area contributed by atoms with Gasteiger partial charge >= 0.3 is 0 Å². The summed E-state index contributed by atoms with van der Waals surface area (Å²) in [7, 11) is 1.44. The molecule has 0 heterocycles. The summed E-state index contributed by atoms with van der Waals surface area (Å²) in [5, 5.41) is 0. The van der Waals surface area contributed by atoms with Crippen molar-refractivity contribution < 1.29 is 9.13 Å². The van der Waals surface area contributed by atoms with Crippen molar-refractivity contribution in [2.45, 2.75) is 0 Å². The fourth-order valence-electron chi connectivity index (χ4n) is 0.634. The lowest BCUT2D eigenvalue weighted by molar-refractivity contribution is 0.386. The van der Waals surface area contributed by atoms with E-state index in [1.165, 1.54) is 13.2 Å². The Morgan fingerprint density at radius 3 is 2.70 bits per heavy atom. The van der Waals surface area contributed by atoms with E-state index in [1.54, 1.807) is 12.1 Å². The van der Waals surface area contributed by atoms with E-state index in [4.69, 9.17) is 4.74 Å². The highest BCUT2D eigenvalue weighted by molar-refractivity contribution is 9.10. The quantitative estimate of drug-likeness (QED) is 0.683. The van der Waals surface area contributed by atoms with Gasteiger partial charge in [-0.2, -0.15) is 0 Å². The predicted octanol–water partition coefficient (Wildman–Crippen LogP) is 2.60. The van der Waals surface area contributed by atoms with Crippen molar-refractivity contribution in [1.29, 1.82) is 0 Å².